The zero-order valence-corrected chi connectivity index (χ0v) is 12.8. The number of hydrogen-bond donors (Lipinski definition) is 1. The standard InChI is InChI=1S/C16H21NO4/c1-9-7-12(8-10(2)14(9)21-4)15(18)17-6-5-13(11(17)3)16(19)20/h7-8,11,13H,5-6H2,1-4H3,(H,19,20). The van der Waals surface area contributed by atoms with Crippen molar-refractivity contribution in [2.45, 2.75) is 33.2 Å². The van der Waals surface area contributed by atoms with Gasteiger partial charge >= 0.3 is 5.97 Å². The van der Waals surface area contributed by atoms with Crippen molar-refractivity contribution in [3.63, 3.8) is 0 Å². The van der Waals surface area contributed by atoms with Crippen molar-refractivity contribution >= 4 is 11.9 Å². The van der Waals surface area contributed by atoms with Crippen molar-refractivity contribution in [2.24, 2.45) is 5.92 Å². The van der Waals surface area contributed by atoms with Crippen LogP contribution in [0.1, 0.15) is 34.8 Å². The number of likely N-dealkylation sites (tertiary alicyclic amines) is 1. The number of ether oxygens (including phenoxy) is 1. The lowest BCUT2D eigenvalue weighted by Gasteiger charge is -2.24. The minimum Gasteiger partial charge on any atom is -0.496 e. The van der Waals surface area contributed by atoms with Crippen molar-refractivity contribution < 1.29 is 19.4 Å². The summed E-state index contributed by atoms with van der Waals surface area (Å²) in [6, 6.07) is 3.32. The molecule has 1 saturated heterocycles. The molecule has 1 fully saturated rings. The number of carbonyl (C=O) groups is 2. The molecule has 1 aliphatic rings. The van der Waals surface area contributed by atoms with Crippen LogP contribution in [0.5, 0.6) is 5.75 Å². The minimum absolute atomic E-state index is 0.111. The van der Waals surface area contributed by atoms with Gasteiger partial charge in [-0.3, -0.25) is 9.59 Å². The summed E-state index contributed by atoms with van der Waals surface area (Å²) in [6.07, 6.45) is 0.510. The van der Waals surface area contributed by atoms with Crippen LogP contribution in [0, 0.1) is 19.8 Å². The Kier molecular flexibility index (Phi) is 4.21. The summed E-state index contributed by atoms with van der Waals surface area (Å²) < 4.78 is 5.30. The Balaban J connectivity index is 2.27. The first-order valence-corrected chi connectivity index (χ1v) is 7.05. The van der Waals surface area contributed by atoms with Crippen molar-refractivity contribution in [1.82, 2.24) is 4.90 Å². The molecule has 0 aliphatic carbocycles. The quantitative estimate of drug-likeness (QED) is 0.927. The molecule has 1 N–H and O–H groups in total. The molecule has 5 heteroatoms. The number of hydrogen-bond acceptors (Lipinski definition) is 3. The third-order valence-corrected chi connectivity index (χ3v) is 4.24. The number of nitrogens with zero attached hydrogens (tertiary/aromatic N) is 1. The third-order valence-electron chi connectivity index (χ3n) is 4.24. The van der Waals surface area contributed by atoms with Crippen molar-refractivity contribution in [2.75, 3.05) is 13.7 Å². The zero-order valence-electron chi connectivity index (χ0n) is 12.8. The van der Waals surface area contributed by atoms with E-state index in [0.29, 0.717) is 18.5 Å². The van der Waals surface area contributed by atoms with Crippen LogP contribution in [0.2, 0.25) is 0 Å². The van der Waals surface area contributed by atoms with Gasteiger partial charge in [-0.1, -0.05) is 0 Å². The molecule has 2 atom stereocenters. The largest absolute Gasteiger partial charge is 0.496 e. The fourth-order valence-corrected chi connectivity index (χ4v) is 3.12. The molecule has 5 nitrogen and oxygen atoms in total. The molecule has 21 heavy (non-hydrogen) atoms. The number of rotatable bonds is 3. The van der Waals surface area contributed by atoms with E-state index in [-0.39, 0.29) is 11.9 Å². The number of carboxylic acid groups (broad SMARTS) is 1. The Labute approximate surface area is 124 Å². The lowest BCUT2D eigenvalue weighted by atomic mass is 10.0. The molecule has 0 radical (unpaired) electrons. The number of benzene rings is 1. The SMILES string of the molecule is COc1c(C)cc(C(=O)N2CCC(C(=O)O)C2C)cc1C. The molecule has 114 valence electrons. The molecule has 2 rings (SSSR count). The van der Waals surface area contributed by atoms with Crippen LogP contribution < -0.4 is 4.74 Å². The lowest BCUT2D eigenvalue weighted by Crippen LogP contribution is -2.37. The summed E-state index contributed by atoms with van der Waals surface area (Å²) in [5.41, 5.74) is 2.40. The average Bonchev–Trinajstić information content (AvgIpc) is 2.79. The minimum atomic E-state index is -0.833. The second-order valence-electron chi connectivity index (χ2n) is 5.62. The van der Waals surface area contributed by atoms with Gasteiger partial charge in [0.25, 0.3) is 5.91 Å². The highest BCUT2D eigenvalue weighted by Gasteiger charge is 2.38. The third kappa shape index (κ3) is 2.73. The summed E-state index contributed by atoms with van der Waals surface area (Å²) in [5.74, 6) is -0.640. The van der Waals surface area contributed by atoms with Crippen molar-refractivity contribution in [3.05, 3.63) is 28.8 Å². The summed E-state index contributed by atoms with van der Waals surface area (Å²) in [7, 11) is 1.61. The van der Waals surface area contributed by atoms with Gasteiger partial charge in [-0.05, 0) is 50.5 Å². The Morgan fingerprint density at radius 1 is 1.29 bits per heavy atom. The molecule has 0 spiro atoms. The van der Waals surface area contributed by atoms with E-state index >= 15 is 0 Å². The second-order valence-corrected chi connectivity index (χ2v) is 5.62. The summed E-state index contributed by atoms with van der Waals surface area (Å²) >= 11 is 0. The second kappa shape index (κ2) is 5.76. The average molecular weight is 291 g/mol. The summed E-state index contributed by atoms with van der Waals surface area (Å²) in [5, 5.41) is 9.16. The van der Waals surface area contributed by atoms with E-state index in [1.807, 2.05) is 13.8 Å². The van der Waals surface area contributed by atoms with Crippen LogP contribution in [0.4, 0.5) is 0 Å². The number of carbonyl (C=O) groups excluding carboxylic acids is 1. The van der Waals surface area contributed by atoms with Crippen LogP contribution in [0.3, 0.4) is 0 Å². The summed E-state index contributed by atoms with van der Waals surface area (Å²) in [6.45, 7) is 6.08. The van der Waals surface area contributed by atoms with Gasteiger partial charge in [0.05, 0.1) is 13.0 Å². The van der Waals surface area contributed by atoms with Crippen LogP contribution in [-0.2, 0) is 4.79 Å². The Morgan fingerprint density at radius 2 is 1.86 bits per heavy atom. The van der Waals surface area contributed by atoms with Crippen LogP contribution in [0.25, 0.3) is 0 Å². The Bertz CT molecular complexity index is 559. The van der Waals surface area contributed by atoms with E-state index in [4.69, 9.17) is 9.84 Å². The highest BCUT2D eigenvalue weighted by molar-refractivity contribution is 5.95. The van der Waals surface area contributed by atoms with Gasteiger partial charge < -0.3 is 14.7 Å². The van der Waals surface area contributed by atoms with Gasteiger partial charge in [-0.25, -0.2) is 0 Å². The van der Waals surface area contributed by atoms with Gasteiger partial charge in [0.15, 0.2) is 0 Å². The Morgan fingerprint density at radius 3 is 2.29 bits per heavy atom. The van der Waals surface area contributed by atoms with E-state index < -0.39 is 11.9 Å². The molecule has 0 bridgehead atoms. The fraction of sp³-hybridized carbons (Fsp3) is 0.500. The number of aryl methyl sites for hydroxylation is 2. The number of methoxy groups -OCH3 is 1. The van der Waals surface area contributed by atoms with Gasteiger partial charge in [0.1, 0.15) is 5.75 Å². The molecule has 1 heterocycles. The van der Waals surface area contributed by atoms with E-state index in [0.717, 1.165) is 16.9 Å². The number of amides is 1. The van der Waals surface area contributed by atoms with Gasteiger partial charge in [-0.15, -0.1) is 0 Å². The first-order chi connectivity index (χ1) is 9.86. The van der Waals surface area contributed by atoms with E-state index in [9.17, 15) is 9.59 Å². The molecule has 0 aromatic heterocycles. The van der Waals surface area contributed by atoms with Crippen LogP contribution in [-0.4, -0.2) is 41.6 Å². The molecular formula is C16H21NO4. The molecular weight excluding hydrogens is 270 g/mol. The number of carboxylic acids is 1. The molecule has 1 aromatic carbocycles. The van der Waals surface area contributed by atoms with Crippen molar-refractivity contribution in [1.29, 1.82) is 0 Å². The zero-order chi connectivity index (χ0) is 15.7. The maximum absolute atomic E-state index is 12.6. The van der Waals surface area contributed by atoms with Crippen molar-refractivity contribution in [3.8, 4) is 5.75 Å². The molecule has 0 saturated carbocycles. The fourth-order valence-electron chi connectivity index (χ4n) is 3.12. The highest BCUT2D eigenvalue weighted by atomic mass is 16.5. The molecule has 1 aliphatic heterocycles. The van der Waals surface area contributed by atoms with E-state index in [1.165, 1.54) is 0 Å². The number of aliphatic carboxylic acids is 1. The first kappa shape index (κ1) is 15.4. The maximum atomic E-state index is 12.6. The van der Waals surface area contributed by atoms with Crippen LogP contribution in [0.15, 0.2) is 12.1 Å². The van der Waals surface area contributed by atoms with E-state index in [2.05, 4.69) is 0 Å². The summed E-state index contributed by atoms with van der Waals surface area (Å²) in [4.78, 5) is 25.4. The predicted octanol–water partition coefficient (Wildman–Crippen LogP) is 2.25. The first-order valence-electron chi connectivity index (χ1n) is 7.05. The van der Waals surface area contributed by atoms with E-state index in [1.54, 1.807) is 31.1 Å². The van der Waals surface area contributed by atoms with Gasteiger partial charge in [-0.2, -0.15) is 0 Å². The molecule has 1 aromatic rings. The molecule has 1 amide bonds. The van der Waals surface area contributed by atoms with Gasteiger partial charge in [0.2, 0.25) is 0 Å². The van der Waals surface area contributed by atoms with Gasteiger partial charge in [0, 0.05) is 18.2 Å². The smallest absolute Gasteiger partial charge is 0.308 e. The highest BCUT2D eigenvalue weighted by Crippen LogP contribution is 2.29. The molecule has 2 unspecified atom stereocenters. The Hall–Kier alpha value is -2.04. The lowest BCUT2D eigenvalue weighted by molar-refractivity contribution is -0.142. The normalized spacial score (nSPS) is 21.4. The van der Waals surface area contributed by atoms with Crippen LogP contribution >= 0.6 is 0 Å². The predicted molar refractivity (Wildman–Crippen MR) is 78.7 cm³/mol. The maximum Gasteiger partial charge on any atom is 0.308 e. The topological polar surface area (TPSA) is 66.8 Å². The monoisotopic (exact) mass is 291 g/mol.